The van der Waals surface area contributed by atoms with E-state index in [0.29, 0.717) is 16.4 Å². The molecule has 0 aliphatic carbocycles. The lowest BCUT2D eigenvalue weighted by Gasteiger charge is -2.15. The van der Waals surface area contributed by atoms with Gasteiger partial charge in [0.05, 0.1) is 5.56 Å². The topological polar surface area (TPSA) is 12.0 Å². The second-order valence-electron chi connectivity index (χ2n) is 5.32. The monoisotopic (exact) mass is 319 g/mol. The quantitative estimate of drug-likeness (QED) is 0.512. The van der Waals surface area contributed by atoms with Crippen LogP contribution in [0.3, 0.4) is 0 Å². The molecule has 0 radical (unpaired) electrons. The lowest BCUT2D eigenvalue weighted by atomic mass is 10.1. The van der Waals surface area contributed by atoms with E-state index >= 15 is 0 Å². The zero-order chi connectivity index (χ0) is 15.9. The van der Waals surface area contributed by atoms with Crippen LogP contribution in [-0.4, -0.2) is 12.3 Å². The third-order valence-electron chi connectivity index (χ3n) is 3.36. The van der Waals surface area contributed by atoms with Gasteiger partial charge in [0, 0.05) is 17.2 Å². The van der Waals surface area contributed by atoms with Crippen molar-refractivity contribution in [3.8, 4) is 0 Å². The van der Waals surface area contributed by atoms with E-state index in [-0.39, 0.29) is 6.54 Å². The SMILES string of the molecule is CCCNCc1ccc(SCC(C)CC)cc1C(F)(F)F. The molecule has 0 aromatic heterocycles. The zero-order valence-electron chi connectivity index (χ0n) is 12.9. The molecule has 1 nitrogen and oxygen atoms in total. The molecule has 0 heterocycles. The minimum absolute atomic E-state index is 0.263. The third kappa shape index (κ3) is 6.30. The molecule has 1 unspecified atom stereocenters. The third-order valence-corrected chi connectivity index (χ3v) is 4.68. The van der Waals surface area contributed by atoms with Crippen molar-refractivity contribution in [3.63, 3.8) is 0 Å². The molecule has 0 fully saturated rings. The highest BCUT2D eigenvalue weighted by molar-refractivity contribution is 7.99. The summed E-state index contributed by atoms with van der Waals surface area (Å²) in [6.07, 6.45) is -2.35. The summed E-state index contributed by atoms with van der Waals surface area (Å²) >= 11 is 1.50. The molecule has 120 valence electrons. The number of hydrogen-bond acceptors (Lipinski definition) is 2. The number of benzene rings is 1. The molecule has 1 atom stereocenters. The first-order valence-corrected chi connectivity index (χ1v) is 8.40. The predicted octanol–water partition coefficient (Wildman–Crippen LogP) is 5.34. The van der Waals surface area contributed by atoms with Gasteiger partial charge < -0.3 is 5.32 Å². The summed E-state index contributed by atoms with van der Waals surface area (Å²) in [7, 11) is 0. The first kappa shape index (κ1) is 18.4. The summed E-state index contributed by atoms with van der Waals surface area (Å²) in [5.74, 6) is 1.36. The fourth-order valence-corrected chi connectivity index (χ4v) is 2.90. The van der Waals surface area contributed by atoms with Crippen molar-refractivity contribution in [2.24, 2.45) is 5.92 Å². The molecule has 0 aliphatic heterocycles. The Morgan fingerprint density at radius 3 is 2.52 bits per heavy atom. The minimum Gasteiger partial charge on any atom is -0.313 e. The number of rotatable bonds is 8. The Hall–Kier alpha value is -0.680. The van der Waals surface area contributed by atoms with Gasteiger partial charge in [-0.25, -0.2) is 0 Å². The van der Waals surface area contributed by atoms with Crippen molar-refractivity contribution in [1.29, 1.82) is 0 Å². The fraction of sp³-hybridized carbons (Fsp3) is 0.625. The van der Waals surface area contributed by atoms with Crippen molar-refractivity contribution < 1.29 is 13.2 Å². The minimum atomic E-state index is -4.30. The summed E-state index contributed by atoms with van der Waals surface area (Å²) in [4.78, 5) is 0.696. The van der Waals surface area contributed by atoms with Gasteiger partial charge in [-0.15, -0.1) is 11.8 Å². The predicted molar refractivity (Wildman–Crippen MR) is 83.6 cm³/mol. The van der Waals surface area contributed by atoms with Crippen LogP contribution < -0.4 is 5.32 Å². The van der Waals surface area contributed by atoms with Gasteiger partial charge in [0.2, 0.25) is 0 Å². The van der Waals surface area contributed by atoms with Crippen molar-refractivity contribution in [2.45, 2.75) is 51.2 Å². The molecule has 0 spiro atoms. The smallest absolute Gasteiger partial charge is 0.313 e. The van der Waals surface area contributed by atoms with Crippen LogP contribution in [0, 0.1) is 5.92 Å². The van der Waals surface area contributed by atoms with E-state index in [9.17, 15) is 13.2 Å². The average Bonchev–Trinajstić information content (AvgIpc) is 2.44. The Labute approximate surface area is 129 Å². The molecule has 5 heteroatoms. The summed E-state index contributed by atoms with van der Waals surface area (Å²) in [5, 5.41) is 3.04. The molecule has 0 saturated carbocycles. The van der Waals surface area contributed by atoms with E-state index in [2.05, 4.69) is 19.2 Å². The van der Waals surface area contributed by atoms with Crippen molar-refractivity contribution >= 4 is 11.8 Å². The van der Waals surface area contributed by atoms with E-state index in [1.54, 1.807) is 12.1 Å². The van der Waals surface area contributed by atoms with Crippen LogP contribution in [0.4, 0.5) is 13.2 Å². The van der Waals surface area contributed by atoms with E-state index < -0.39 is 11.7 Å². The largest absolute Gasteiger partial charge is 0.416 e. The fourth-order valence-electron chi connectivity index (χ4n) is 1.82. The van der Waals surface area contributed by atoms with Gasteiger partial charge in [0.1, 0.15) is 0 Å². The van der Waals surface area contributed by atoms with Crippen LogP contribution in [0.1, 0.15) is 44.7 Å². The van der Waals surface area contributed by atoms with E-state index in [1.165, 1.54) is 17.8 Å². The lowest BCUT2D eigenvalue weighted by Crippen LogP contribution is -2.18. The normalized spacial score (nSPS) is 13.4. The number of nitrogens with one attached hydrogen (secondary N) is 1. The maximum absolute atomic E-state index is 13.2. The molecule has 1 aromatic carbocycles. The van der Waals surface area contributed by atoms with Gasteiger partial charge in [-0.3, -0.25) is 0 Å². The molecular formula is C16H24F3NS. The Morgan fingerprint density at radius 2 is 1.95 bits per heavy atom. The van der Waals surface area contributed by atoms with Gasteiger partial charge in [-0.1, -0.05) is 33.3 Å². The highest BCUT2D eigenvalue weighted by Gasteiger charge is 2.33. The number of hydrogen-bond donors (Lipinski definition) is 1. The summed E-state index contributed by atoms with van der Waals surface area (Å²) in [5.41, 5.74) is -0.191. The van der Waals surface area contributed by atoms with Crippen LogP contribution in [0.15, 0.2) is 23.1 Å². The lowest BCUT2D eigenvalue weighted by molar-refractivity contribution is -0.138. The number of thioether (sulfide) groups is 1. The van der Waals surface area contributed by atoms with Crippen molar-refractivity contribution in [2.75, 3.05) is 12.3 Å². The second-order valence-corrected chi connectivity index (χ2v) is 6.41. The molecular weight excluding hydrogens is 295 g/mol. The van der Waals surface area contributed by atoms with Gasteiger partial charge in [0.25, 0.3) is 0 Å². The standard InChI is InChI=1S/C16H24F3NS/c1-4-8-20-10-13-6-7-14(21-11-12(3)5-2)9-15(13)16(17,18)19/h6-7,9,12,20H,4-5,8,10-11H2,1-3H3. The maximum atomic E-state index is 13.2. The average molecular weight is 319 g/mol. The van der Waals surface area contributed by atoms with E-state index in [1.807, 2.05) is 6.92 Å². The van der Waals surface area contributed by atoms with Crippen molar-refractivity contribution in [1.82, 2.24) is 5.32 Å². The van der Waals surface area contributed by atoms with Crippen molar-refractivity contribution in [3.05, 3.63) is 29.3 Å². The summed E-state index contributed by atoms with van der Waals surface area (Å²) in [6.45, 7) is 7.18. The first-order valence-electron chi connectivity index (χ1n) is 7.42. The van der Waals surface area contributed by atoms with Crippen LogP contribution in [0.25, 0.3) is 0 Å². The Kier molecular flexibility index (Phi) is 7.60. The van der Waals surface area contributed by atoms with Gasteiger partial charge >= 0.3 is 6.18 Å². The highest BCUT2D eigenvalue weighted by Crippen LogP contribution is 2.35. The van der Waals surface area contributed by atoms with E-state index in [0.717, 1.165) is 25.1 Å². The molecule has 1 N–H and O–H groups in total. The first-order chi connectivity index (χ1) is 9.88. The molecule has 1 aromatic rings. The molecule has 0 bridgehead atoms. The van der Waals surface area contributed by atoms with Gasteiger partial charge in [0.15, 0.2) is 0 Å². The van der Waals surface area contributed by atoms with Crippen LogP contribution >= 0.6 is 11.8 Å². The molecule has 0 aliphatic rings. The number of halogens is 3. The van der Waals surface area contributed by atoms with Crippen LogP contribution in [0.5, 0.6) is 0 Å². The molecule has 1 rings (SSSR count). The zero-order valence-corrected chi connectivity index (χ0v) is 13.7. The van der Waals surface area contributed by atoms with Crippen LogP contribution in [-0.2, 0) is 12.7 Å². The highest BCUT2D eigenvalue weighted by atomic mass is 32.2. The van der Waals surface area contributed by atoms with Crippen LogP contribution in [0.2, 0.25) is 0 Å². The Morgan fingerprint density at radius 1 is 1.24 bits per heavy atom. The Bertz CT molecular complexity index is 432. The van der Waals surface area contributed by atoms with Gasteiger partial charge in [-0.2, -0.15) is 13.2 Å². The second kappa shape index (κ2) is 8.69. The summed E-state index contributed by atoms with van der Waals surface area (Å²) in [6, 6.07) is 4.69. The molecule has 21 heavy (non-hydrogen) atoms. The molecule has 0 saturated heterocycles. The van der Waals surface area contributed by atoms with Gasteiger partial charge in [-0.05, 0) is 36.6 Å². The van der Waals surface area contributed by atoms with E-state index in [4.69, 9.17) is 0 Å². The summed E-state index contributed by atoms with van der Waals surface area (Å²) < 4.78 is 39.5. The number of alkyl halides is 3. The maximum Gasteiger partial charge on any atom is 0.416 e. The molecule has 0 amide bonds. The Balaban J connectivity index is 2.86.